The van der Waals surface area contributed by atoms with Crippen LogP contribution in [0.4, 0.5) is 5.69 Å². The van der Waals surface area contributed by atoms with E-state index in [1.54, 1.807) is 31.3 Å². The molecule has 0 spiro atoms. The van der Waals surface area contributed by atoms with Crippen LogP contribution in [0.5, 0.6) is 0 Å². The first-order valence-corrected chi connectivity index (χ1v) is 9.47. The van der Waals surface area contributed by atoms with Gasteiger partial charge in [0.2, 0.25) is 11.8 Å². The van der Waals surface area contributed by atoms with Crippen molar-refractivity contribution < 1.29 is 14.0 Å². The van der Waals surface area contributed by atoms with Gasteiger partial charge in [0, 0.05) is 12.4 Å². The molecule has 3 aromatic rings. The fraction of sp³-hybridized carbons (Fsp3) is 0.211. The fourth-order valence-corrected chi connectivity index (χ4v) is 3.36. The highest BCUT2D eigenvalue weighted by molar-refractivity contribution is 7.13. The molecule has 0 bridgehead atoms. The summed E-state index contributed by atoms with van der Waals surface area (Å²) in [5, 5.41) is 5.69. The predicted octanol–water partition coefficient (Wildman–Crippen LogP) is 4.00. The maximum absolute atomic E-state index is 12.4. The Hall–Kier alpha value is -2.64. The molecule has 0 saturated heterocycles. The largest absolute Gasteiger partial charge is 0.459 e. The van der Waals surface area contributed by atoms with Gasteiger partial charge in [-0.15, -0.1) is 11.3 Å². The number of nitrogens with one attached hydrogen (secondary N) is 1. The number of hydrogen-bond donors (Lipinski definition) is 1. The van der Waals surface area contributed by atoms with E-state index in [0.717, 1.165) is 10.8 Å². The minimum absolute atomic E-state index is 0.0710. The third-order valence-corrected chi connectivity index (χ3v) is 5.02. The molecule has 1 aromatic carbocycles. The van der Waals surface area contributed by atoms with Gasteiger partial charge in [0.15, 0.2) is 10.8 Å². The molecule has 140 valence electrons. The summed E-state index contributed by atoms with van der Waals surface area (Å²) in [5.74, 6) is 0.978. The molecule has 3 rings (SSSR count). The van der Waals surface area contributed by atoms with Gasteiger partial charge in [-0.1, -0.05) is 23.7 Å². The van der Waals surface area contributed by atoms with Crippen molar-refractivity contribution in [3.63, 3.8) is 0 Å². The minimum Gasteiger partial charge on any atom is -0.459 e. The Kier molecular flexibility index (Phi) is 5.93. The summed E-state index contributed by atoms with van der Waals surface area (Å²) >= 11 is 7.44. The van der Waals surface area contributed by atoms with Gasteiger partial charge in [-0.25, -0.2) is 4.98 Å². The van der Waals surface area contributed by atoms with Gasteiger partial charge in [0.05, 0.1) is 29.4 Å². The van der Waals surface area contributed by atoms with Crippen LogP contribution in [0, 0.1) is 6.92 Å². The molecule has 2 amide bonds. The average Bonchev–Trinajstić information content (AvgIpc) is 3.25. The van der Waals surface area contributed by atoms with Crippen molar-refractivity contribution in [2.24, 2.45) is 0 Å². The van der Waals surface area contributed by atoms with Gasteiger partial charge in [-0.05, 0) is 31.2 Å². The summed E-state index contributed by atoms with van der Waals surface area (Å²) in [6.45, 7) is 1.79. The Bertz CT molecular complexity index is 967. The maximum atomic E-state index is 12.4. The van der Waals surface area contributed by atoms with Crippen LogP contribution < -0.4 is 5.32 Å². The number of furan rings is 1. The van der Waals surface area contributed by atoms with Crippen molar-refractivity contribution in [1.29, 1.82) is 0 Å². The highest BCUT2D eigenvalue weighted by atomic mass is 35.5. The van der Waals surface area contributed by atoms with Gasteiger partial charge in [-0.3, -0.25) is 9.59 Å². The molecule has 0 aliphatic carbocycles. The number of halogens is 1. The number of aryl methyl sites for hydroxylation is 1. The number of rotatable bonds is 6. The Balaban J connectivity index is 1.55. The highest BCUT2D eigenvalue weighted by Gasteiger charge is 2.17. The average molecular weight is 404 g/mol. The summed E-state index contributed by atoms with van der Waals surface area (Å²) < 4.78 is 5.54. The van der Waals surface area contributed by atoms with Crippen molar-refractivity contribution in [1.82, 2.24) is 9.88 Å². The number of benzene rings is 1. The van der Waals surface area contributed by atoms with Gasteiger partial charge >= 0.3 is 0 Å². The van der Waals surface area contributed by atoms with Crippen molar-refractivity contribution in [2.45, 2.75) is 13.3 Å². The van der Waals surface area contributed by atoms with E-state index in [-0.39, 0.29) is 24.8 Å². The van der Waals surface area contributed by atoms with E-state index in [4.69, 9.17) is 16.0 Å². The van der Waals surface area contributed by atoms with Gasteiger partial charge < -0.3 is 14.6 Å². The van der Waals surface area contributed by atoms with Crippen molar-refractivity contribution in [3.8, 4) is 10.8 Å². The second kappa shape index (κ2) is 8.37. The summed E-state index contributed by atoms with van der Waals surface area (Å²) in [4.78, 5) is 30.3. The first kappa shape index (κ1) is 19.1. The molecule has 0 radical (unpaired) electrons. The smallest absolute Gasteiger partial charge is 0.244 e. The number of anilines is 1. The zero-order chi connectivity index (χ0) is 19.4. The number of amides is 2. The number of para-hydroxylation sites is 1. The third kappa shape index (κ3) is 4.96. The topological polar surface area (TPSA) is 75.4 Å². The summed E-state index contributed by atoms with van der Waals surface area (Å²) in [6, 6.07) is 10.7. The monoisotopic (exact) mass is 403 g/mol. The molecule has 1 N–H and O–H groups in total. The van der Waals surface area contributed by atoms with Crippen LogP contribution in [-0.4, -0.2) is 35.3 Å². The number of hydrogen-bond acceptors (Lipinski definition) is 5. The normalized spacial score (nSPS) is 10.6. The van der Waals surface area contributed by atoms with Crippen LogP contribution in [0.3, 0.4) is 0 Å². The Labute approximate surface area is 165 Å². The Morgan fingerprint density at radius 2 is 2.04 bits per heavy atom. The van der Waals surface area contributed by atoms with E-state index >= 15 is 0 Å². The van der Waals surface area contributed by atoms with Crippen LogP contribution in [0.1, 0.15) is 11.5 Å². The second-order valence-corrected chi connectivity index (χ2v) is 7.27. The molecule has 0 fully saturated rings. The number of nitrogens with zero attached hydrogens (tertiary/aromatic N) is 2. The maximum Gasteiger partial charge on any atom is 0.244 e. The highest BCUT2D eigenvalue weighted by Crippen LogP contribution is 2.26. The Morgan fingerprint density at radius 3 is 2.74 bits per heavy atom. The van der Waals surface area contributed by atoms with Crippen LogP contribution in [0.15, 0.2) is 46.2 Å². The summed E-state index contributed by atoms with van der Waals surface area (Å²) in [5.41, 5.74) is 1.16. The number of aromatic nitrogens is 1. The first-order valence-electron chi connectivity index (χ1n) is 8.22. The lowest BCUT2D eigenvalue weighted by Gasteiger charge is -2.16. The van der Waals surface area contributed by atoms with Gasteiger partial charge in [0.1, 0.15) is 5.76 Å². The van der Waals surface area contributed by atoms with Crippen LogP contribution in [0.2, 0.25) is 5.02 Å². The van der Waals surface area contributed by atoms with Crippen LogP contribution in [0.25, 0.3) is 10.8 Å². The lowest BCUT2D eigenvalue weighted by Crippen LogP contribution is -2.35. The summed E-state index contributed by atoms with van der Waals surface area (Å²) in [7, 11) is 1.58. The SMILES string of the molecule is Cc1ccc(-c2nc(CC(=O)N(C)CC(=O)Nc3ccccc3Cl)cs2)o1. The molecule has 0 aliphatic rings. The second-order valence-electron chi connectivity index (χ2n) is 6.01. The molecule has 0 unspecified atom stereocenters. The quantitative estimate of drug-likeness (QED) is 0.674. The molecule has 8 heteroatoms. The van der Waals surface area contributed by atoms with E-state index in [2.05, 4.69) is 10.3 Å². The van der Waals surface area contributed by atoms with Gasteiger partial charge in [0.25, 0.3) is 0 Å². The third-order valence-electron chi connectivity index (χ3n) is 3.79. The number of thiazole rings is 1. The zero-order valence-corrected chi connectivity index (χ0v) is 16.4. The predicted molar refractivity (Wildman–Crippen MR) is 106 cm³/mol. The molecule has 6 nitrogen and oxygen atoms in total. The number of carbonyl (C=O) groups excluding carboxylic acids is 2. The molecule has 0 atom stereocenters. The van der Waals surface area contributed by atoms with Crippen molar-refractivity contribution in [3.05, 3.63) is 58.3 Å². The molecule has 2 heterocycles. The van der Waals surface area contributed by atoms with Crippen molar-refractivity contribution in [2.75, 3.05) is 18.9 Å². The lowest BCUT2D eigenvalue weighted by molar-refractivity contribution is -0.132. The molecule has 0 aliphatic heterocycles. The van der Waals surface area contributed by atoms with Gasteiger partial charge in [-0.2, -0.15) is 0 Å². The lowest BCUT2D eigenvalue weighted by atomic mass is 10.3. The Morgan fingerprint density at radius 1 is 1.26 bits per heavy atom. The van der Waals surface area contributed by atoms with Crippen LogP contribution >= 0.6 is 22.9 Å². The number of carbonyl (C=O) groups is 2. The summed E-state index contributed by atoms with van der Waals surface area (Å²) in [6.07, 6.45) is 0.117. The fourth-order valence-electron chi connectivity index (χ4n) is 2.40. The van der Waals surface area contributed by atoms with E-state index < -0.39 is 0 Å². The first-order chi connectivity index (χ1) is 12.9. The van der Waals surface area contributed by atoms with E-state index in [9.17, 15) is 9.59 Å². The van der Waals surface area contributed by atoms with E-state index in [1.807, 2.05) is 24.4 Å². The molecular formula is C19H18ClN3O3S. The molecule has 0 saturated carbocycles. The standard InChI is InChI=1S/C19H18ClN3O3S/c1-12-7-8-16(26-12)19-21-13(11-27-19)9-18(25)23(2)10-17(24)22-15-6-4-3-5-14(15)20/h3-8,11H,9-10H2,1-2H3,(H,22,24). The minimum atomic E-state index is -0.316. The molecule has 27 heavy (non-hydrogen) atoms. The number of likely N-dealkylation sites (N-methyl/N-ethyl adjacent to an activating group) is 1. The molecular weight excluding hydrogens is 386 g/mol. The van der Waals surface area contributed by atoms with E-state index in [1.165, 1.54) is 16.2 Å². The zero-order valence-electron chi connectivity index (χ0n) is 14.9. The van der Waals surface area contributed by atoms with Crippen molar-refractivity contribution >= 4 is 40.4 Å². The van der Waals surface area contributed by atoms with E-state index in [0.29, 0.717) is 22.2 Å². The van der Waals surface area contributed by atoms with Crippen LogP contribution in [-0.2, 0) is 16.0 Å². The molecule has 2 aromatic heterocycles.